The normalized spacial score (nSPS) is 17.5. The lowest BCUT2D eigenvalue weighted by Crippen LogP contribution is -2.44. The first-order chi connectivity index (χ1) is 15.0. The maximum Gasteiger partial charge on any atom is 0.326 e. The molecule has 4 rings (SSSR count). The molecular weight excluding hydrogens is 403 g/mol. The fourth-order valence-electron chi connectivity index (χ4n) is 4.28. The number of carbonyl (C=O) groups is 1. The molecule has 1 aromatic heterocycles. The summed E-state index contributed by atoms with van der Waals surface area (Å²) in [4.78, 5) is 40.0. The summed E-state index contributed by atoms with van der Waals surface area (Å²) in [7, 11) is 0. The number of fused-ring (bicyclic) bond motifs is 1. The number of ketones is 1. The van der Waals surface area contributed by atoms with Gasteiger partial charge in [-0.25, -0.2) is 9.18 Å². The maximum atomic E-state index is 15.0. The van der Waals surface area contributed by atoms with E-state index in [1.54, 1.807) is 22.8 Å². The molecule has 9 heteroatoms. The number of hydrogen-bond donors (Lipinski definition) is 1. The quantitative estimate of drug-likeness (QED) is 0.271. The number of likely N-dealkylation sites (tertiary alicyclic amines) is 1. The number of carbonyl (C=O) groups excluding carboxylic acids is 1. The molecule has 2 atom stereocenters. The van der Waals surface area contributed by atoms with E-state index in [9.17, 15) is 24.1 Å². The second-order valence-electron chi connectivity index (χ2n) is 7.79. The molecule has 0 aliphatic carbocycles. The number of Topliss-reactive ketones (excluding diaryl/α,β-unsaturated/α-hetero) is 1. The van der Waals surface area contributed by atoms with Gasteiger partial charge in [0.2, 0.25) is 5.78 Å². The molecule has 3 aromatic rings. The molecule has 2 aromatic carbocycles. The number of hydrogen-bond acceptors (Lipinski definition) is 5. The molecule has 0 saturated carbocycles. The molecule has 1 N–H and O–H groups in total. The van der Waals surface area contributed by atoms with E-state index in [1.165, 1.54) is 17.0 Å². The van der Waals surface area contributed by atoms with Gasteiger partial charge in [-0.15, -0.1) is 0 Å². The largest absolute Gasteiger partial charge is 0.326 e. The molecule has 8 nitrogen and oxygen atoms in total. The van der Waals surface area contributed by atoms with E-state index in [0.29, 0.717) is 25.9 Å². The molecule has 0 bridgehead atoms. The average Bonchev–Trinajstić information content (AvgIpc) is 3.13. The number of rotatable bonds is 7. The van der Waals surface area contributed by atoms with Gasteiger partial charge in [0.25, 0.3) is 6.04 Å². The smallest absolute Gasteiger partial charge is 0.306 e. The molecule has 1 saturated heterocycles. The highest BCUT2D eigenvalue weighted by Gasteiger charge is 2.37. The number of alkyl halides is 1. The molecule has 2 heterocycles. The van der Waals surface area contributed by atoms with E-state index in [1.807, 2.05) is 24.3 Å². The number of nitrogens with one attached hydrogen (secondary N) is 1. The summed E-state index contributed by atoms with van der Waals surface area (Å²) in [5.41, 5.74) is 1.57. The van der Waals surface area contributed by atoms with Crippen molar-refractivity contribution >= 4 is 16.8 Å². The van der Waals surface area contributed by atoms with Crippen molar-refractivity contribution in [2.75, 3.05) is 13.1 Å². The summed E-state index contributed by atoms with van der Waals surface area (Å²) in [6, 6.07) is 13.6. The summed E-state index contributed by atoms with van der Waals surface area (Å²) in [5, 5.41) is 11.5. The number of H-pyrrole nitrogens is 1. The van der Waals surface area contributed by atoms with Crippen LogP contribution in [-0.4, -0.2) is 50.6 Å². The van der Waals surface area contributed by atoms with Crippen LogP contribution in [0, 0.1) is 10.1 Å². The lowest BCUT2D eigenvalue weighted by atomic mass is 9.99. The minimum atomic E-state index is -1.63. The van der Waals surface area contributed by atoms with Crippen LogP contribution in [0.5, 0.6) is 0 Å². The van der Waals surface area contributed by atoms with Crippen molar-refractivity contribution in [2.24, 2.45) is 0 Å². The first kappa shape index (κ1) is 20.9. The Morgan fingerprint density at radius 3 is 2.45 bits per heavy atom. The zero-order valence-corrected chi connectivity index (χ0v) is 16.8. The van der Waals surface area contributed by atoms with Gasteiger partial charge >= 0.3 is 5.69 Å². The van der Waals surface area contributed by atoms with Crippen molar-refractivity contribution < 1.29 is 14.1 Å². The van der Waals surface area contributed by atoms with Crippen molar-refractivity contribution in [3.63, 3.8) is 0 Å². The van der Waals surface area contributed by atoms with E-state index in [-0.39, 0.29) is 17.3 Å². The fourth-order valence-corrected chi connectivity index (χ4v) is 4.28. The molecule has 162 valence electrons. The van der Waals surface area contributed by atoms with Crippen molar-refractivity contribution in [1.82, 2.24) is 14.5 Å². The van der Waals surface area contributed by atoms with E-state index in [2.05, 4.69) is 4.98 Å². The van der Waals surface area contributed by atoms with Gasteiger partial charge in [-0.2, -0.15) is 0 Å². The first-order valence-electron chi connectivity index (χ1n) is 10.3. The summed E-state index contributed by atoms with van der Waals surface area (Å²) < 4.78 is 16.7. The van der Waals surface area contributed by atoms with Crippen molar-refractivity contribution in [3.05, 3.63) is 80.8 Å². The van der Waals surface area contributed by atoms with Gasteiger partial charge in [0.15, 0.2) is 6.30 Å². The average molecular weight is 426 g/mol. The van der Waals surface area contributed by atoms with Crippen LogP contribution < -0.4 is 5.69 Å². The number of piperidine rings is 1. The van der Waals surface area contributed by atoms with Crippen LogP contribution in [0.3, 0.4) is 0 Å². The number of nitro groups is 1. The van der Waals surface area contributed by atoms with E-state index in [0.717, 1.165) is 11.0 Å². The highest BCUT2D eigenvalue weighted by molar-refractivity contribution is 5.99. The molecule has 1 aliphatic heterocycles. The van der Waals surface area contributed by atoms with Gasteiger partial charge < -0.3 is 4.98 Å². The van der Waals surface area contributed by atoms with Gasteiger partial charge in [0, 0.05) is 29.6 Å². The third-order valence-electron chi connectivity index (χ3n) is 5.92. The van der Waals surface area contributed by atoms with Gasteiger partial charge in [0.05, 0.1) is 17.5 Å². The Morgan fingerprint density at radius 1 is 1.13 bits per heavy atom. The van der Waals surface area contributed by atoms with Gasteiger partial charge in [-0.3, -0.25) is 24.4 Å². The van der Waals surface area contributed by atoms with Crippen LogP contribution in [0.25, 0.3) is 11.0 Å². The molecule has 1 fully saturated rings. The molecule has 0 radical (unpaired) electrons. The second-order valence-corrected chi connectivity index (χ2v) is 7.79. The Morgan fingerprint density at radius 2 is 1.77 bits per heavy atom. The van der Waals surface area contributed by atoms with Crippen molar-refractivity contribution in [1.29, 1.82) is 0 Å². The van der Waals surface area contributed by atoms with E-state index < -0.39 is 29.5 Å². The molecular formula is C22H23FN4O4. The second kappa shape index (κ2) is 8.81. The highest BCUT2D eigenvalue weighted by atomic mass is 19.1. The summed E-state index contributed by atoms with van der Waals surface area (Å²) >= 11 is 0. The summed E-state index contributed by atoms with van der Waals surface area (Å²) in [6.45, 7) is 0.698. The predicted octanol–water partition coefficient (Wildman–Crippen LogP) is 3.18. The van der Waals surface area contributed by atoms with Crippen LogP contribution in [0.1, 0.15) is 35.7 Å². The molecule has 0 amide bonds. The van der Waals surface area contributed by atoms with Crippen LogP contribution in [0.15, 0.2) is 59.4 Å². The number of imidazole rings is 1. The number of halogens is 1. The molecule has 2 unspecified atom stereocenters. The topological polar surface area (TPSA) is 101 Å². The van der Waals surface area contributed by atoms with Crippen LogP contribution in [0.4, 0.5) is 4.39 Å². The van der Waals surface area contributed by atoms with E-state index >= 15 is 0 Å². The third kappa shape index (κ3) is 4.27. The Bertz CT molecular complexity index is 1140. The fraction of sp³-hybridized carbons (Fsp3) is 0.364. The third-order valence-corrected chi connectivity index (χ3v) is 5.92. The SMILES string of the molecule is O=C(c1ccccc1)C(CC(F)N1CCC(n2c(=O)[nH]c3ccccc32)CC1)[N+](=O)[O-]. The van der Waals surface area contributed by atoms with Crippen LogP contribution in [-0.2, 0) is 0 Å². The number of nitrogens with zero attached hydrogens (tertiary/aromatic N) is 3. The Hall–Kier alpha value is -3.33. The van der Waals surface area contributed by atoms with Gasteiger partial charge in [-0.05, 0) is 25.0 Å². The number of aromatic amines is 1. The van der Waals surface area contributed by atoms with Crippen LogP contribution in [0.2, 0.25) is 0 Å². The molecule has 1 aliphatic rings. The highest BCUT2D eigenvalue weighted by Crippen LogP contribution is 2.27. The minimum Gasteiger partial charge on any atom is -0.306 e. The maximum absolute atomic E-state index is 15.0. The first-order valence-corrected chi connectivity index (χ1v) is 10.3. The Labute approximate surface area is 177 Å². The Balaban J connectivity index is 1.42. The monoisotopic (exact) mass is 426 g/mol. The summed E-state index contributed by atoms with van der Waals surface area (Å²) in [6.07, 6.45) is -1.03. The predicted molar refractivity (Wildman–Crippen MR) is 113 cm³/mol. The molecule has 0 spiro atoms. The van der Waals surface area contributed by atoms with Crippen LogP contribution >= 0.6 is 0 Å². The zero-order chi connectivity index (χ0) is 22.0. The van der Waals surface area contributed by atoms with E-state index in [4.69, 9.17) is 0 Å². The molecule has 31 heavy (non-hydrogen) atoms. The zero-order valence-electron chi connectivity index (χ0n) is 16.8. The summed E-state index contributed by atoms with van der Waals surface area (Å²) in [5.74, 6) is -0.687. The van der Waals surface area contributed by atoms with Crippen molar-refractivity contribution in [2.45, 2.75) is 37.6 Å². The Kier molecular flexibility index (Phi) is 5.94. The van der Waals surface area contributed by atoms with Gasteiger partial charge in [-0.1, -0.05) is 42.5 Å². The number of para-hydroxylation sites is 2. The minimum absolute atomic E-state index is 0.0793. The van der Waals surface area contributed by atoms with Gasteiger partial charge in [0.1, 0.15) is 0 Å². The lowest BCUT2D eigenvalue weighted by Gasteiger charge is -2.34. The lowest BCUT2D eigenvalue weighted by molar-refractivity contribution is -0.508. The number of benzene rings is 2. The number of aromatic nitrogens is 2. The van der Waals surface area contributed by atoms with Crippen molar-refractivity contribution in [3.8, 4) is 0 Å². The standard InChI is InChI=1S/C22H23FN4O4/c23-20(14-19(27(30)31)21(28)15-6-2-1-3-7-15)25-12-10-16(11-13-25)26-18-9-5-4-8-17(18)24-22(26)29/h1-9,16,19-20H,10-14H2,(H,24,29).